The summed E-state index contributed by atoms with van der Waals surface area (Å²) in [6, 6.07) is 46.8. The van der Waals surface area contributed by atoms with Gasteiger partial charge in [0, 0.05) is 21.9 Å². The maximum atomic E-state index is 2.45. The maximum absolute atomic E-state index is 2.45. The third kappa shape index (κ3) is 2.87. The summed E-state index contributed by atoms with van der Waals surface area (Å²) in [5.74, 6) is 0. The number of para-hydroxylation sites is 2. The van der Waals surface area contributed by atoms with E-state index in [9.17, 15) is 0 Å². The van der Waals surface area contributed by atoms with Gasteiger partial charge in [-0.1, -0.05) is 105 Å². The largest absolute Gasteiger partial charge is 0.309 e. The van der Waals surface area contributed by atoms with Crippen LogP contribution in [0, 0.1) is 0 Å². The number of aromatic nitrogens is 1. The van der Waals surface area contributed by atoms with Gasteiger partial charge < -0.3 is 4.57 Å². The number of hydrogen-bond donors (Lipinski definition) is 0. The third-order valence-corrected chi connectivity index (χ3v) is 8.58. The molecular formula is C37H27N. The molecule has 0 saturated carbocycles. The molecule has 6 aromatic carbocycles. The van der Waals surface area contributed by atoms with Crippen LogP contribution in [0.25, 0.3) is 60.5 Å². The molecule has 7 aromatic rings. The molecular weight excluding hydrogens is 458 g/mol. The molecule has 8 rings (SSSR count). The second kappa shape index (κ2) is 7.69. The van der Waals surface area contributed by atoms with Gasteiger partial charge in [-0.15, -0.1) is 0 Å². The maximum Gasteiger partial charge on any atom is 0.0544 e. The number of rotatable bonds is 2. The second-order valence-electron chi connectivity index (χ2n) is 11.0. The molecule has 1 aliphatic carbocycles. The molecule has 1 heteroatoms. The van der Waals surface area contributed by atoms with Gasteiger partial charge in [-0.3, -0.25) is 0 Å². The van der Waals surface area contributed by atoms with Crippen molar-refractivity contribution in [2.75, 3.05) is 0 Å². The summed E-state index contributed by atoms with van der Waals surface area (Å²) in [7, 11) is 0. The Labute approximate surface area is 222 Å². The lowest BCUT2D eigenvalue weighted by atomic mass is 9.81. The number of nitrogens with zero attached hydrogens (tertiary/aromatic N) is 1. The molecule has 1 aromatic heterocycles. The topological polar surface area (TPSA) is 4.93 Å². The monoisotopic (exact) mass is 485 g/mol. The van der Waals surface area contributed by atoms with Crippen LogP contribution >= 0.6 is 0 Å². The Morgan fingerprint density at radius 1 is 0.474 bits per heavy atom. The zero-order valence-corrected chi connectivity index (χ0v) is 21.6. The summed E-state index contributed by atoms with van der Waals surface area (Å²) in [6.07, 6.45) is 0. The summed E-state index contributed by atoms with van der Waals surface area (Å²) in [4.78, 5) is 0. The van der Waals surface area contributed by atoms with Gasteiger partial charge in [0.25, 0.3) is 0 Å². The Bertz CT molecular complexity index is 2030. The fourth-order valence-corrected chi connectivity index (χ4v) is 6.70. The predicted octanol–water partition coefficient (Wildman–Crippen LogP) is 9.91. The van der Waals surface area contributed by atoms with E-state index in [0.717, 1.165) is 0 Å². The van der Waals surface area contributed by atoms with E-state index in [1.807, 2.05) is 0 Å². The van der Waals surface area contributed by atoms with Gasteiger partial charge in [0.05, 0.1) is 11.0 Å². The normalized spacial score (nSPS) is 13.7. The molecule has 0 amide bonds. The van der Waals surface area contributed by atoms with Crippen LogP contribution in [0.5, 0.6) is 0 Å². The van der Waals surface area contributed by atoms with Crippen molar-refractivity contribution in [1.82, 2.24) is 4.57 Å². The quantitative estimate of drug-likeness (QED) is 0.230. The van der Waals surface area contributed by atoms with E-state index in [4.69, 9.17) is 0 Å². The minimum atomic E-state index is -0.0998. The van der Waals surface area contributed by atoms with Crippen LogP contribution in [0.15, 0.2) is 127 Å². The first-order valence-corrected chi connectivity index (χ1v) is 13.4. The van der Waals surface area contributed by atoms with Crippen molar-refractivity contribution in [2.45, 2.75) is 19.3 Å². The lowest BCUT2D eigenvalue weighted by Crippen LogP contribution is -2.15. The van der Waals surface area contributed by atoms with Crippen molar-refractivity contribution in [1.29, 1.82) is 0 Å². The van der Waals surface area contributed by atoms with Gasteiger partial charge in [-0.2, -0.15) is 0 Å². The molecule has 0 bridgehead atoms. The standard InChI is InChI=1S/C37H27N/c1-37(2)33-21-25(28-17-10-12-24-11-6-7-15-27(24)28)19-20-29(33)31-22-32-30-16-8-9-18-35(30)38(36(32)23-34(31)37)26-13-4-3-5-14-26/h3-23H,1-2H3. The van der Waals surface area contributed by atoms with Crippen molar-refractivity contribution in [3.63, 3.8) is 0 Å². The van der Waals surface area contributed by atoms with Crippen LogP contribution in [-0.4, -0.2) is 4.57 Å². The summed E-state index contributed by atoms with van der Waals surface area (Å²) < 4.78 is 2.42. The minimum absolute atomic E-state index is 0.0998. The van der Waals surface area contributed by atoms with Crippen LogP contribution in [0.1, 0.15) is 25.0 Å². The van der Waals surface area contributed by atoms with E-state index in [-0.39, 0.29) is 5.41 Å². The van der Waals surface area contributed by atoms with Gasteiger partial charge in [0.1, 0.15) is 0 Å². The van der Waals surface area contributed by atoms with E-state index < -0.39 is 0 Å². The van der Waals surface area contributed by atoms with Crippen molar-refractivity contribution >= 4 is 32.6 Å². The fourth-order valence-electron chi connectivity index (χ4n) is 6.70. The molecule has 38 heavy (non-hydrogen) atoms. The predicted molar refractivity (Wildman–Crippen MR) is 161 cm³/mol. The van der Waals surface area contributed by atoms with Crippen LogP contribution < -0.4 is 0 Å². The summed E-state index contributed by atoms with van der Waals surface area (Å²) >= 11 is 0. The Balaban J connectivity index is 1.39. The SMILES string of the molecule is CC1(C)c2cc(-c3cccc4ccccc34)ccc2-c2cc3c4ccccc4n(-c4ccccc4)c3cc21. The molecule has 0 aliphatic heterocycles. The minimum Gasteiger partial charge on any atom is -0.309 e. The zero-order chi connectivity index (χ0) is 25.4. The van der Waals surface area contributed by atoms with Crippen molar-refractivity contribution in [2.24, 2.45) is 0 Å². The highest BCUT2D eigenvalue weighted by Gasteiger charge is 2.36. The second-order valence-corrected chi connectivity index (χ2v) is 11.0. The molecule has 1 nitrogen and oxygen atoms in total. The lowest BCUT2D eigenvalue weighted by molar-refractivity contribution is 0.661. The van der Waals surface area contributed by atoms with Gasteiger partial charge in [0.2, 0.25) is 0 Å². The van der Waals surface area contributed by atoms with Crippen LogP contribution in [0.2, 0.25) is 0 Å². The third-order valence-electron chi connectivity index (χ3n) is 8.58. The number of benzene rings is 6. The van der Waals surface area contributed by atoms with Crippen molar-refractivity contribution in [3.05, 3.63) is 139 Å². The Hall–Kier alpha value is -4.62. The van der Waals surface area contributed by atoms with Crippen LogP contribution in [-0.2, 0) is 5.41 Å². The average Bonchev–Trinajstić information content (AvgIpc) is 3.40. The van der Waals surface area contributed by atoms with E-state index in [2.05, 4.69) is 146 Å². The summed E-state index contributed by atoms with van der Waals surface area (Å²) in [5.41, 5.74) is 11.7. The van der Waals surface area contributed by atoms with Gasteiger partial charge in [0.15, 0.2) is 0 Å². The van der Waals surface area contributed by atoms with E-state index in [1.54, 1.807) is 0 Å². The molecule has 0 radical (unpaired) electrons. The van der Waals surface area contributed by atoms with Gasteiger partial charge >= 0.3 is 0 Å². The highest BCUT2D eigenvalue weighted by Crippen LogP contribution is 2.52. The molecule has 0 atom stereocenters. The van der Waals surface area contributed by atoms with Crippen LogP contribution in [0.3, 0.4) is 0 Å². The van der Waals surface area contributed by atoms with E-state index >= 15 is 0 Å². The van der Waals surface area contributed by atoms with Crippen molar-refractivity contribution in [3.8, 4) is 27.9 Å². The molecule has 0 saturated heterocycles. The Morgan fingerprint density at radius 2 is 1.18 bits per heavy atom. The summed E-state index contributed by atoms with van der Waals surface area (Å²) in [5, 5.41) is 5.19. The smallest absolute Gasteiger partial charge is 0.0544 e. The molecule has 0 N–H and O–H groups in total. The molecule has 1 heterocycles. The molecule has 0 unspecified atom stereocenters. The number of fused-ring (bicyclic) bond motifs is 7. The first kappa shape index (κ1) is 21.5. The Morgan fingerprint density at radius 3 is 2.05 bits per heavy atom. The zero-order valence-electron chi connectivity index (χ0n) is 21.6. The highest BCUT2D eigenvalue weighted by atomic mass is 15.0. The fraction of sp³-hybridized carbons (Fsp3) is 0.0811. The highest BCUT2D eigenvalue weighted by molar-refractivity contribution is 6.11. The lowest BCUT2D eigenvalue weighted by Gasteiger charge is -2.22. The Kier molecular flexibility index (Phi) is 4.35. The van der Waals surface area contributed by atoms with Gasteiger partial charge in [-0.05, 0) is 80.6 Å². The number of hydrogen-bond acceptors (Lipinski definition) is 0. The van der Waals surface area contributed by atoms with Gasteiger partial charge in [-0.25, -0.2) is 0 Å². The summed E-state index contributed by atoms with van der Waals surface area (Å²) in [6.45, 7) is 4.76. The van der Waals surface area contributed by atoms with E-state index in [0.29, 0.717) is 0 Å². The van der Waals surface area contributed by atoms with E-state index in [1.165, 1.54) is 71.6 Å². The average molecular weight is 486 g/mol. The molecule has 180 valence electrons. The first-order chi connectivity index (χ1) is 18.6. The van der Waals surface area contributed by atoms with Crippen LogP contribution in [0.4, 0.5) is 0 Å². The molecule has 0 spiro atoms. The molecule has 0 fully saturated rings. The first-order valence-electron chi connectivity index (χ1n) is 13.4. The van der Waals surface area contributed by atoms with Crippen molar-refractivity contribution < 1.29 is 0 Å². The molecule has 1 aliphatic rings.